The standard InChI is InChI=1S/C22H26N2O5/c1-26-18-4-3-14(11-20(18)27-2)13-24-22(25)23-8-5-17-16-7-10-28-19(16)12-15-6-9-29-21(15)17/h3-4,11-12H,5-10,13H2,1-2H3,(H2,23,24,25). The molecule has 154 valence electrons. The molecule has 0 spiro atoms. The maximum absolute atomic E-state index is 12.2. The summed E-state index contributed by atoms with van der Waals surface area (Å²) in [5.74, 6) is 3.26. The minimum atomic E-state index is -0.207. The molecule has 0 radical (unpaired) electrons. The van der Waals surface area contributed by atoms with Gasteiger partial charge in [-0.25, -0.2) is 4.79 Å². The highest BCUT2D eigenvalue weighted by molar-refractivity contribution is 5.74. The fourth-order valence-corrected chi connectivity index (χ4v) is 3.89. The van der Waals surface area contributed by atoms with Crippen LogP contribution in [0.25, 0.3) is 0 Å². The molecule has 4 rings (SSSR count). The summed E-state index contributed by atoms with van der Waals surface area (Å²) in [5, 5.41) is 5.81. The number of ether oxygens (including phenoxy) is 4. The fraction of sp³-hybridized carbons (Fsp3) is 0.409. The van der Waals surface area contributed by atoms with Crippen LogP contribution in [0.15, 0.2) is 24.3 Å². The summed E-state index contributed by atoms with van der Waals surface area (Å²) in [6, 6.07) is 7.48. The molecule has 7 nitrogen and oxygen atoms in total. The van der Waals surface area contributed by atoms with Crippen LogP contribution < -0.4 is 29.6 Å². The number of rotatable bonds is 7. The van der Waals surface area contributed by atoms with E-state index in [1.165, 1.54) is 16.7 Å². The molecular formula is C22H26N2O5. The van der Waals surface area contributed by atoms with Gasteiger partial charge in [-0.15, -0.1) is 0 Å². The molecule has 2 aromatic carbocycles. The molecule has 0 saturated carbocycles. The van der Waals surface area contributed by atoms with Crippen LogP contribution in [0.4, 0.5) is 4.79 Å². The van der Waals surface area contributed by atoms with Gasteiger partial charge < -0.3 is 29.6 Å². The average molecular weight is 398 g/mol. The number of fused-ring (bicyclic) bond motifs is 2. The third kappa shape index (κ3) is 4.04. The Morgan fingerprint density at radius 2 is 1.86 bits per heavy atom. The van der Waals surface area contributed by atoms with E-state index < -0.39 is 0 Å². The number of amides is 2. The molecule has 0 fully saturated rings. The summed E-state index contributed by atoms with van der Waals surface area (Å²) in [6.07, 6.45) is 2.53. The quantitative estimate of drug-likeness (QED) is 0.750. The third-order valence-electron chi connectivity index (χ3n) is 5.32. The normalized spacial score (nSPS) is 13.7. The smallest absolute Gasteiger partial charge is 0.315 e. The maximum atomic E-state index is 12.2. The van der Waals surface area contributed by atoms with Crippen molar-refractivity contribution in [1.29, 1.82) is 0 Å². The van der Waals surface area contributed by atoms with Crippen molar-refractivity contribution in [2.45, 2.75) is 25.8 Å². The van der Waals surface area contributed by atoms with Gasteiger partial charge in [0.25, 0.3) is 0 Å². The Bertz CT molecular complexity index is 880. The van der Waals surface area contributed by atoms with Gasteiger partial charge in [-0.3, -0.25) is 0 Å². The van der Waals surface area contributed by atoms with Crippen LogP contribution in [0.5, 0.6) is 23.0 Å². The lowest BCUT2D eigenvalue weighted by Gasteiger charge is -2.14. The van der Waals surface area contributed by atoms with Crippen molar-refractivity contribution in [1.82, 2.24) is 10.6 Å². The number of methoxy groups -OCH3 is 2. The third-order valence-corrected chi connectivity index (χ3v) is 5.32. The number of hydrogen-bond donors (Lipinski definition) is 2. The van der Waals surface area contributed by atoms with E-state index in [0.29, 0.717) is 37.8 Å². The van der Waals surface area contributed by atoms with Gasteiger partial charge in [-0.2, -0.15) is 0 Å². The maximum Gasteiger partial charge on any atom is 0.315 e. The van der Waals surface area contributed by atoms with Gasteiger partial charge in [-0.1, -0.05) is 6.07 Å². The molecule has 0 aromatic heterocycles. The lowest BCUT2D eigenvalue weighted by Crippen LogP contribution is -2.36. The molecule has 0 saturated heterocycles. The Balaban J connectivity index is 1.31. The number of carbonyl (C=O) groups excluding carboxylic acids is 1. The van der Waals surface area contributed by atoms with Crippen molar-refractivity contribution in [2.24, 2.45) is 0 Å². The molecule has 2 aliphatic rings. The van der Waals surface area contributed by atoms with Crippen LogP contribution in [0.3, 0.4) is 0 Å². The summed E-state index contributed by atoms with van der Waals surface area (Å²) < 4.78 is 22.1. The summed E-state index contributed by atoms with van der Waals surface area (Å²) in [7, 11) is 3.19. The number of carbonyl (C=O) groups is 1. The van der Waals surface area contributed by atoms with Gasteiger partial charge in [-0.05, 0) is 30.2 Å². The van der Waals surface area contributed by atoms with Gasteiger partial charge in [0.05, 0.1) is 27.4 Å². The van der Waals surface area contributed by atoms with E-state index in [1.54, 1.807) is 14.2 Å². The molecule has 0 bridgehead atoms. The molecule has 0 atom stereocenters. The van der Waals surface area contributed by atoms with Gasteiger partial charge >= 0.3 is 6.03 Å². The second-order valence-corrected chi connectivity index (χ2v) is 7.07. The second kappa shape index (κ2) is 8.51. The van der Waals surface area contributed by atoms with Gasteiger partial charge in [0.15, 0.2) is 11.5 Å². The zero-order chi connectivity index (χ0) is 20.2. The van der Waals surface area contributed by atoms with Crippen LogP contribution in [0.1, 0.15) is 22.3 Å². The average Bonchev–Trinajstić information content (AvgIpc) is 3.40. The lowest BCUT2D eigenvalue weighted by atomic mass is 9.97. The van der Waals surface area contributed by atoms with Crippen molar-refractivity contribution in [3.63, 3.8) is 0 Å². The van der Waals surface area contributed by atoms with Gasteiger partial charge in [0, 0.05) is 42.6 Å². The summed E-state index contributed by atoms with van der Waals surface area (Å²) in [5.41, 5.74) is 4.53. The zero-order valence-electron chi connectivity index (χ0n) is 16.8. The highest BCUT2D eigenvalue weighted by atomic mass is 16.5. The molecule has 7 heteroatoms. The lowest BCUT2D eigenvalue weighted by molar-refractivity contribution is 0.240. The van der Waals surface area contributed by atoms with Crippen molar-refractivity contribution >= 4 is 6.03 Å². The highest BCUT2D eigenvalue weighted by Gasteiger charge is 2.26. The van der Waals surface area contributed by atoms with Crippen LogP contribution >= 0.6 is 0 Å². The SMILES string of the molecule is COc1ccc(CNC(=O)NCCc2c3c(cc4c2OCC4)OCC3)cc1OC. The van der Waals surface area contributed by atoms with Crippen molar-refractivity contribution in [3.05, 3.63) is 46.5 Å². The Morgan fingerprint density at radius 3 is 2.69 bits per heavy atom. The Labute approximate surface area is 170 Å². The first kappa shape index (κ1) is 19.2. The summed E-state index contributed by atoms with van der Waals surface area (Å²) in [4.78, 5) is 12.2. The number of benzene rings is 2. The first-order valence-corrected chi connectivity index (χ1v) is 9.85. The van der Waals surface area contributed by atoms with Gasteiger partial charge in [0.2, 0.25) is 0 Å². The Kier molecular flexibility index (Phi) is 5.64. The summed E-state index contributed by atoms with van der Waals surface area (Å²) in [6.45, 7) is 2.36. The van der Waals surface area contributed by atoms with Crippen LogP contribution in [0, 0.1) is 0 Å². The largest absolute Gasteiger partial charge is 0.493 e. The molecular weight excluding hydrogens is 372 g/mol. The summed E-state index contributed by atoms with van der Waals surface area (Å²) >= 11 is 0. The van der Waals surface area contributed by atoms with E-state index >= 15 is 0 Å². The molecule has 2 N–H and O–H groups in total. The van der Waals surface area contributed by atoms with E-state index in [2.05, 4.69) is 16.7 Å². The van der Waals surface area contributed by atoms with Crippen LogP contribution in [0.2, 0.25) is 0 Å². The van der Waals surface area contributed by atoms with E-state index in [9.17, 15) is 4.79 Å². The van der Waals surface area contributed by atoms with Crippen LogP contribution in [-0.4, -0.2) is 40.0 Å². The zero-order valence-corrected chi connectivity index (χ0v) is 16.8. The molecule has 29 heavy (non-hydrogen) atoms. The Hall–Kier alpha value is -3.09. The molecule has 2 aliphatic heterocycles. The van der Waals surface area contributed by atoms with E-state index in [0.717, 1.165) is 36.3 Å². The highest BCUT2D eigenvalue weighted by Crippen LogP contribution is 2.40. The fourth-order valence-electron chi connectivity index (χ4n) is 3.89. The predicted octanol–water partition coefficient (Wildman–Crippen LogP) is 2.62. The second-order valence-electron chi connectivity index (χ2n) is 7.07. The molecule has 2 aromatic rings. The van der Waals surface area contributed by atoms with Crippen LogP contribution in [-0.2, 0) is 25.8 Å². The minimum absolute atomic E-state index is 0.207. The predicted molar refractivity (Wildman–Crippen MR) is 108 cm³/mol. The first-order valence-electron chi connectivity index (χ1n) is 9.85. The molecule has 2 amide bonds. The molecule has 2 heterocycles. The number of nitrogens with one attached hydrogen (secondary N) is 2. The topological polar surface area (TPSA) is 78.1 Å². The first-order chi connectivity index (χ1) is 14.2. The van der Waals surface area contributed by atoms with Crippen molar-refractivity contribution in [3.8, 4) is 23.0 Å². The van der Waals surface area contributed by atoms with E-state index in [4.69, 9.17) is 18.9 Å². The van der Waals surface area contributed by atoms with E-state index in [1.807, 2.05) is 18.2 Å². The monoisotopic (exact) mass is 398 g/mol. The number of hydrogen-bond acceptors (Lipinski definition) is 5. The minimum Gasteiger partial charge on any atom is -0.493 e. The molecule has 0 aliphatic carbocycles. The number of urea groups is 1. The van der Waals surface area contributed by atoms with Crippen molar-refractivity contribution in [2.75, 3.05) is 34.0 Å². The van der Waals surface area contributed by atoms with Gasteiger partial charge in [0.1, 0.15) is 11.5 Å². The molecule has 0 unspecified atom stereocenters. The Morgan fingerprint density at radius 1 is 1.03 bits per heavy atom. The van der Waals surface area contributed by atoms with Crippen molar-refractivity contribution < 1.29 is 23.7 Å². The van der Waals surface area contributed by atoms with E-state index in [-0.39, 0.29) is 6.03 Å².